The molecule has 0 saturated heterocycles. The number of methoxy groups -OCH3 is 2. The van der Waals surface area contributed by atoms with E-state index < -0.39 is 0 Å². The molecule has 1 heterocycles. The van der Waals surface area contributed by atoms with Gasteiger partial charge >= 0.3 is 0 Å². The van der Waals surface area contributed by atoms with Crippen LogP contribution >= 0.6 is 0 Å². The van der Waals surface area contributed by atoms with Gasteiger partial charge in [-0.3, -0.25) is 9.48 Å². The van der Waals surface area contributed by atoms with Crippen LogP contribution in [0.2, 0.25) is 0 Å². The Morgan fingerprint density at radius 2 is 1.96 bits per heavy atom. The van der Waals surface area contributed by atoms with E-state index in [4.69, 9.17) is 9.47 Å². The molecule has 2 rings (SSSR count). The third-order valence-electron chi connectivity index (χ3n) is 4.30. The predicted octanol–water partition coefficient (Wildman–Crippen LogP) is 2.93. The van der Waals surface area contributed by atoms with Gasteiger partial charge in [0.05, 0.1) is 26.0 Å². The first-order valence-electron chi connectivity index (χ1n) is 8.50. The lowest BCUT2D eigenvalue weighted by Gasteiger charge is -2.17. The zero-order chi connectivity index (χ0) is 18.4. The Hall–Kier alpha value is -2.50. The highest BCUT2D eigenvalue weighted by Gasteiger charge is 2.18. The molecule has 0 saturated carbocycles. The first kappa shape index (κ1) is 18.8. The molecule has 1 aromatic heterocycles. The number of nitrogens with zero attached hydrogens (tertiary/aromatic N) is 3. The zero-order valence-corrected chi connectivity index (χ0v) is 15.7. The van der Waals surface area contributed by atoms with Crippen LogP contribution in [0.15, 0.2) is 24.4 Å². The fourth-order valence-electron chi connectivity index (χ4n) is 2.73. The summed E-state index contributed by atoms with van der Waals surface area (Å²) in [5.74, 6) is 1.40. The number of carbonyl (C=O) groups excluding carboxylic acids is 1. The number of likely N-dealkylation sites (N-methyl/N-ethyl adjacent to an activating group) is 1. The lowest BCUT2D eigenvalue weighted by Crippen LogP contribution is -2.29. The van der Waals surface area contributed by atoms with Crippen molar-refractivity contribution in [1.82, 2.24) is 14.7 Å². The van der Waals surface area contributed by atoms with Crippen LogP contribution < -0.4 is 9.47 Å². The van der Waals surface area contributed by atoms with Gasteiger partial charge < -0.3 is 14.4 Å². The minimum absolute atomic E-state index is 0.000305. The second-order valence-electron chi connectivity index (χ2n) is 6.03. The van der Waals surface area contributed by atoms with E-state index in [1.807, 2.05) is 36.9 Å². The van der Waals surface area contributed by atoms with Crippen LogP contribution in [0.3, 0.4) is 0 Å². The minimum atomic E-state index is 0.000305. The van der Waals surface area contributed by atoms with E-state index in [1.54, 1.807) is 25.3 Å². The predicted molar refractivity (Wildman–Crippen MR) is 97.5 cm³/mol. The van der Waals surface area contributed by atoms with Crippen molar-refractivity contribution < 1.29 is 14.3 Å². The molecule has 0 radical (unpaired) electrons. The second-order valence-corrected chi connectivity index (χ2v) is 6.03. The van der Waals surface area contributed by atoms with E-state index >= 15 is 0 Å². The molecule has 0 fully saturated rings. The van der Waals surface area contributed by atoms with Gasteiger partial charge in [-0.25, -0.2) is 0 Å². The Balaban J connectivity index is 2.02. The molecule has 25 heavy (non-hydrogen) atoms. The molecule has 0 aliphatic rings. The molecule has 2 aromatic rings. The van der Waals surface area contributed by atoms with Crippen LogP contribution in [0.5, 0.6) is 11.5 Å². The molecule has 0 aliphatic heterocycles. The van der Waals surface area contributed by atoms with E-state index in [2.05, 4.69) is 12.0 Å². The van der Waals surface area contributed by atoms with Crippen LogP contribution in [0.1, 0.15) is 35.0 Å². The molecule has 0 spiro atoms. The fourth-order valence-corrected chi connectivity index (χ4v) is 2.73. The van der Waals surface area contributed by atoms with Gasteiger partial charge in [-0.1, -0.05) is 13.0 Å². The average molecular weight is 345 g/mol. The van der Waals surface area contributed by atoms with E-state index in [9.17, 15) is 4.79 Å². The highest BCUT2D eigenvalue weighted by molar-refractivity contribution is 5.94. The van der Waals surface area contributed by atoms with Crippen molar-refractivity contribution in [2.24, 2.45) is 0 Å². The summed E-state index contributed by atoms with van der Waals surface area (Å²) in [6, 6.07) is 5.82. The van der Waals surface area contributed by atoms with Crippen molar-refractivity contribution >= 4 is 5.91 Å². The third kappa shape index (κ3) is 4.32. The first-order valence-corrected chi connectivity index (χ1v) is 8.50. The number of rotatable bonds is 8. The van der Waals surface area contributed by atoms with Gasteiger partial charge in [0.15, 0.2) is 11.5 Å². The van der Waals surface area contributed by atoms with Crippen molar-refractivity contribution in [2.75, 3.05) is 27.8 Å². The number of amides is 1. The summed E-state index contributed by atoms with van der Waals surface area (Å²) in [6.07, 6.45) is 3.40. The largest absolute Gasteiger partial charge is 0.493 e. The van der Waals surface area contributed by atoms with Crippen LogP contribution in [0, 0.1) is 6.92 Å². The number of carbonyl (C=O) groups is 1. The number of hydrogen-bond acceptors (Lipinski definition) is 4. The maximum atomic E-state index is 12.7. The summed E-state index contributed by atoms with van der Waals surface area (Å²) in [5.41, 5.74) is 2.68. The maximum Gasteiger partial charge on any atom is 0.257 e. The molecule has 6 heteroatoms. The van der Waals surface area contributed by atoms with Crippen LogP contribution in [0.4, 0.5) is 0 Å². The standard InChI is InChI=1S/C19H27N3O3/c1-6-10-22-14(2)16(13-20-22)19(23)21(3)11-9-15-7-8-17(24-4)18(12-15)25-5/h7-8,12-13H,6,9-11H2,1-5H3. The van der Waals surface area contributed by atoms with Crippen LogP contribution in [-0.4, -0.2) is 48.4 Å². The van der Waals surface area contributed by atoms with E-state index in [0.29, 0.717) is 23.6 Å². The van der Waals surface area contributed by atoms with Crippen LogP contribution in [0.25, 0.3) is 0 Å². The molecule has 1 aromatic carbocycles. The lowest BCUT2D eigenvalue weighted by atomic mass is 10.1. The molecule has 0 aliphatic carbocycles. The maximum absolute atomic E-state index is 12.7. The molecule has 0 bridgehead atoms. The second kappa shape index (κ2) is 8.55. The molecule has 0 atom stereocenters. The SMILES string of the molecule is CCCn1ncc(C(=O)N(C)CCc2ccc(OC)c(OC)c2)c1C. The number of aromatic nitrogens is 2. The number of ether oxygens (including phenoxy) is 2. The molecule has 136 valence electrons. The van der Waals surface area contributed by atoms with Gasteiger partial charge in [0.25, 0.3) is 5.91 Å². The van der Waals surface area contributed by atoms with Crippen LogP contribution in [-0.2, 0) is 13.0 Å². The van der Waals surface area contributed by atoms with Gasteiger partial charge in [-0.15, -0.1) is 0 Å². The molecule has 1 amide bonds. The Labute approximate surface area is 149 Å². The van der Waals surface area contributed by atoms with E-state index in [-0.39, 0.29) is 5.91 Å². The highest BCUT2D eigenvalue weighted by atomic mass is 16.5. The minimum Gasteiger partial charge on any atom is -0.493 e. The molecule has 0 unspecified atom stereocenters. The van der Waals surface area contributed by atoms with Gasteiger partial charge in [-0.05, 0) is 37.5 Å². The molecular formula is C19H27N3O3. The van der Waals surface area contributed by atoms with Crippen molar-refractivity contribution in [3.8, 4) is 11.5 Å². The topological polar surface area (TPSA) is 56.6 Å². The van der Waals surface area contributed by atoms with Crippen molar-refractivity contribution in [3.63, 3.8) is 0 Å². The summed E-state index contributed by atoms with van der Waals surface area (Å²) in [7, 11) is 5.05. The Bertz CT molecular complexity index is 725. The fraction of sp³-hybridized carbons (Fsp3) is 0.474. The number of hydrogen-bond donors (Lipinski definition) is 0. The van der Waals surface area contributed by atoms with E-state index in [1.165, 1.54) is 0 Å². The monoisotopic (exact) mass is 345 g/mol. The quantitative estimate of drug-likeness (QED) is 0.738. The Morgan fingerprint density at radius 1 is 1.24 bits per heavy atom. The molecular weight excluding hydrogens is 318 g/mol. The summed E-state index contributed by atoms with van der Waals surface area (Å²) < 4.78 is 12.5. The highest BCUT2D eigenvalue weighted by Crippen LogP contribution is 2.27. The molecule has 0 N–H and O–H groups in total. The van der Waals surface area contributed by atoms with Crippen molar-refractivity contribution in [3.05, 3.63) is 41.2 Å². The van der Waals surface area contributed by atoms with Crippen molar-refractivity contribution in [2.45, 2.75) is 33.2 Å². The molecule has 6 nitrogen and oxygen atoms in total. The number of benzene rings is 1. The summed E-state index contributed by atoms with van der Waals surface area (Å²) >= 11 is 0. The normalized spacial score (nSPS) is 10.6. The van der Waals surface area contributed by atoms with Gasteiger partial charge in [0.1, 0.15) is 0 Å². The van der Waals surface area contributed by atoms with Gasteiger partial charge in [-0.2, -0.15) is 5.10 Å². The zero-order valence-electron chi connectivity index (χ0n) is 15.7. The summed E-state index contributed by atoms with van der Waals surface area (Å²) in [5, 5.41) is 4.31. The average Bonchev–Trinajstić information content (AvgIpc) is 2.99. The number of aryl methyl sites for hydroxylation is 1. The Kier molecular flexibility index (Phi) is 6.44. The Morgan fingerprint density at radius 3 is 2.60 bits per heavy atom. The summed E-state index contributed by atoms with van der Waals surface area (Å²) in [4.78, 5) is 14.4. The van der Waals surface area contributed by atoms with Gasteiger partial charge in [0, 0.05) is 25.8 Å². The third-order valence-corrected chi connectivity index (χ3v) is 4.30. The van der Waals surface area contributed by atoms with Gasteiger partial charge in [0.2, 0.25) is 0 Å². The smallest absolute Gasteiger partial charge is 0.257 e. The first-order chi connectivity index (χ1) is 12.0. The summed E-state index contributed by atoms with van der Waals surface area (Å²) in [6.45, 7) is 5.48. The lowest BCUT2D eigenvalue weighted by molar-refractivity contribution is 0.0795. The van der Waals surface area contributed by atoms with Crippen molar-refractivity contribution in [1.29, 1.82) is 0 Å². The van der Waals surface area contributed by atoms with E-state index in [0.717, 1.165) is 30.6 Å².